The molecule has 84 heavy (non-hydrogen) atoms. The Morgan fingerprint density at radius 1 is 0.512 bits per heavy atom. The lowest BCUT2D eigenvalue weighted by Gasteiger charge is -2.38. The van der Waals surface area contributed by atoms with Crippen LogP contribution in [0.5, 0.6) is 0 Å². The molecule has 0 saturated carbocycles. The second-order valence-corrected chi connectivity index (χ2v) is 24.9. The van der Waals surface area contributed by atoms with Crippen LogP contribution in [-0.2, 0) is 41.6 Å². The van der Waals surface area contributed by atoms with E-state index in [0.717, 1.165) is 35.1 Å². The third-order valence-electron chi connectivity index (χ3n) is 16.4. The van der Waals surface area contributed by atoms with Gasteiger partial charge in [-0.05, 0) is 124 Å². The van der Waals surface area contributed by atoms with Gasteiger partial charge >= 0.3 is 0 Å². The highest BCUT2D eigenvalue weighted by Gasteiger charge is 2.43. The van der Waals surface area contributed by atoms with E-state index >= 15 is 0 Å². The van der Waals surface area contributed by atoms with Crippen LogP contribution in [0.3, 0.4) is 0 Å². The molecule has 0 aliphatic carbocycles. The average Bonchev–Trinajstić information content (AvgIpc) is 4.17. The number of nitrogens with one attached hydrogen (secondary N) is 4. The molecule has 0 spiro atoms. The zero-order chi connectivity index (χ0) is 61.5. The Hall–Kier alpha value is -7.44. The molecular formula is C66H92N10O8. The number of amides is 8. The number of benzene rings is 4. The molecule has 2 heterocycles. The predicted molar refractivity (Wildman–Crippen MR) is 329 cm³/mol. The molecule has 2 aliphatic heterocycles. The van der Waals surface area contributed by atoms with E-state index < -0.39 is 35.0 Å². The van der Waals surface area contributed by atoms with Gasteiger partial charge < -0.3 is 50.7 Å². The molecule has 6 atom stereocenters. The lowest BCUT2D eigenvalue weighted by atomic mass is 9.85. The summed E-state index contributed by atoms with van der Waals surface area (Å²) in [4.78, 5) is 121. The fraction of sp³-hybridized carbons (Fsp3) is 0.515. The van der Waals surface area contributed by atoms with Crippen LogP contribution in [0.4, 0.5) is 0 Å². The molecule has 0 radical (unpaired) electrons. The van der Waals surface area contributed by atoms with E-state index in [1.807, 2.05) is 136 Å². The Kier molecular flexibility index (Phi) is 23.4. The average molecular weight is 1150 g/mol. The van der Waals surface area contributed by atoms with Crippen LogP contribution in [0.25, 0.3) is 11.1 Å². The maximum absolute atomic E-state index is 14.3. The van der Waals surface area contributed by atoms with Gasteiger partial charge in [-0.25, -0.2) is 0 Å². The molecule has 2 aliphatic rings. The molecular weight excluding hydrogens is 1060 g/mol. The summed E-state index contributed by atoms with van der Waals surface area (Å²) in [5.74, 6) is -2.06. The number of likely N-dealkylation sites (N-methyl/N-ethyl adjacent to an activating group) is 4. The van der Waals surface area contributed by atoms with Crippen LogP contribution in [0.1, 0.15) is 113 Å². The van der Waals surface area contributed by atoms with Gasteiger partial charge in [-0.2, -0.15) is 0 Å². The molecule has 0 unspecified atom stereocenters. The number of likely N-dealkylation sites (tertiary alicyclic amines) is 2. The van der Waals surface area contributed by atoms with E-state index in [-0.39, 0.29) is 85.5 Å². The quantitative estimate of drug-likeness (QED) is 0.0619. The van der Waals surface area contributed by atoms with Gasteiger partial charge in [-0.3, -0.25) is 38.4 Å². The van der Waals surface area contributed by atoms with Gasteiger partial charge in [0.15, 0.2) is 0 Å². The third kappa shape index (κ3) is 17.8. The molecule has 18 nitrogen and oxygen atoms in total. The van der Waals surface area contributed by atoms with Crippen LogP contribution in [0.15, 0.2) is 109 Å². The highest BCUT2D eigenvalue weighted by atomic mass is 16.2. The summed E-state index contributed by atoms with van der Waals surface area (Å²) >= 11 is 0. The molecule has 0 aromatic heterocycles. The molecule has 2 saturated heterocycles. The second kappa shape index (κ2) is 29.9. The van der Waals surface area contributed by atoms with Gasteiger partial charge in [0, 0.05) is 76.6 Å². The minimum Gasteiger partial charge on any atom is -0.342 e. The van der Waals surface area contributed by atoms with Gasteiger partial charge in [0.1, 0.15) is 12.1 Å². The normalized spacial score (nSPS) is 16.7. The van der Waals surface area contributed by atoms with Gasteiger partial charge in [0.2, 0.25) is 35.4 Å². The smallest absolute Gasteiger partial charge is 0.254 e. The predicted octanol–water partition coefficient (Wildman–Crippen LogP) is 5.90. The zero-order valence-corrected chi connectivity index (χ0v) is 51.7. The fourth-order valence-electron chi connectivity index (χ4n) is 10.8. The highest BCUT2D eigenvalue weighted by Crippen LogP contribution is 2.29. The summed E-state index contributed by atoms with van der Waals surface area (Å²) in [6.45, 7) is 17.0. The zero-order valence-electron chi connectivity index (χ0n) is 51.7. The minimum atomic E-state index is -0.773. The maximum atomic E-state index is 14.3. The van der Waals surface area contributed by atoms with Crippen molar-refractivity contribution >= 4 is 47.3 Å². The van der Waals surface area contributed by atoms with E-state index in [0.29, 0.717) is 63.0 Å². The summed E-state index contributed by atoms with van der Waals surface area (Å²) in [5, 5.41) is 11.9. The fourth-order valence-corrected chi connectivity index (χ4v) is 10.8. The summed E-state index contributed by atoms with van der Waals surface area (Å²) in [5.41, 5.74) is 3.35. The Morgan fingerprint density at radius 2 is 0.845 bits per heavy atom. The van der Waals surface area contributed by atoms with E-state index in [1.54, 1.807) is 76.1 Å². The van der Waals surface area contributed by atoms with Gasteiger partial charge in [-0.1, -0.05) is 126 Å². The van der Waals surface area contributed by atoms with Crippen molar-refractivity contribution in [3.8, 4) is 11.1 Å². The van der Waals surface area contributed by atoms with Crippen molar-refractivity contribution < 1.29 is 38.4 Å². The number of carbonyl (C=O) groups is 8. The van der Waals surface area contributed by atoms with Crippen LogP contribution in [0, 0.1) is 10.8 Å². The molecule has 0 bridgehead atoms. The standard InChI is InChI=1S/C66H92N10O8/c1-45(67-9)59(79)69-57(65(3,4)5)63(83)75-37-19-25-53(75)41-73(39-35-47-21-15-13-16-22-47)55(77)43-71(11)61(81)51-31-27-49(28-32-51)50-29-33-52(34-30-50)62(82)72(12)44-56(78)74(40-36-48-23-17-14-18-24-48)42-54-26-20-38-76(54)64(84)58(66(6,7)8)70-60(80)46(2)68-10/h13-18,21-24,27-34,45-46,53-54,57-58,67-68H,19-20,25-26,35-44H2,1-12H3,(H,69,79)(H,70,80)/t45-,46-,53-,54-,57+,58+/m0/s1. The first kappa shape index (κ1) is 65.7. The Balaban J connectivity index is 1.09. The van der Waals surface area contributed by atoms with E-state index in [9.17, 15) is 38.4 Å². The Morgan fingerprint density at radius 3 is 1.15 bits per heavy atom. The topological polar surface area (TPSA) is 204 Å². The lowest BCUT2D eigenvalue weighted by Crippen LogP contribution is -2.59. The first-order chi connectivity index (χ1) is 39.8. The SMILES string of the molecule is CN[C@@H](C)C(=O)N[C@H](C(=O)N1CCC[C@H]1CN(CCc1ccccc1)C(=O)CN(C)C(=O)c1ccc(-c2ccc(C(=O)N(C)CC(=O)N(CCc3ccccc3)C[C@@H]3CCCN3C(=O)[C@@H](NC(=O)[C@H](C)NC)C(C)(C)C)cc2)cc1)C(C)(C)C. The number of carbonyl (C=O) groups excluding carboxylic acids is 8. The number of hydrogen-bond donors (Lipinski definition) is 4. The van der Waals surface area contributed by atoms with Crippen molar-refractivity contribution in [2.24, 2.45) is 10.8 Å². The summed E-state index contributed by atoms with van der Waals surface area (Å²) in [6, 6.07) is 30.8. The van der Waals surface area contributed by atoms with Crippen molar-refractivity contribution in [2.75, 3.05) is 80.5 Å². The molecule has 4 aromatic carbocycles. The minimum absolute atomic E-state index is 0.179. The van der Waals surface area contributed by atoms with Crippen molar-refractivity contribution in [3.05, 3.63) is 131 Å². The Labute approximate surface area is 498 Å². The Bertz CT molecular complexity index is 2680. The number of hydrogen-bond acceptors (Lipinski definition) is 10. The third-order valence-corrected chi connectivity index (χ3v) is 16.4. The van der Waals surface area contributed by atoms with E-state index in [1.165, 1.54) is 9.80 Å². The van der Waals surface area contributed by atoms with Gasteiger partial charge in [-0.15, -0.1) is 0 Å². The lowest BCUT2D eigenvalue weighted by molar-refractivity contribution is -0.142. The van der Waals surface area contributed by atoms with E-state index in [4.69, 9.17) is 0 Å². The molecule has 8 amide bonds. The first-order valence-corrected chi connectivity index (χ1v) is 29.7. The summed E-state index contributed by atoms with van der Waals surface area (Å²) in [6.07, 6.45) is 4.07. The largest absolute Gasteiger partial charge is 0.342 e. The molecule has 6 rings (SSSR count). The van der Waals surface area contributed by atoms with Crippen LogP contribution in [-0.4, -0.2) is 193 Å². The van der Waals surface area contributed by atoms with Crippen molar-refractivity contribution in [1.82, 2.24) is 50.7 Å². The number of nitrogens with zero attached hydrogens (tertiary/aromatic N) is 6. The molecule has 4 N–H and O–H groups in total. The van der Waals surface area contributed by atoms with Gasteiger partial charge in [0.25, 0.3) is 11.8 Å². The number of rotatable bonds is 25. The second-order valence-electron chi connectivity index (χ2n) is 24.9. The van der Waals surface area contributed by atoms with Crippen LogP contribution in [0.2, 0.25) is 0 Å². The monoisotopic (exact) mass is 1150 g/mol. The van der Waals surface area contributed by atoms with Gasteiger partial charge in [0.05, 0.1) is 25.2 Å². The maximum Gasteiger partial charge on any atom is 0.254 e. The first-order valence-electron chi connectivity index (χ1n) is 29.7. The molecule has 18 heteroatoms. The van der Waals surface area contributed by atoms with Crippen molar-refractivity contribution in [3.63, 3.8) is 0 Å². The van der Waals surface area contributed by atoms with Crippen molar-refractivity contribution in [1.29, 1.82) is 0 Å². The van der Waals surface area contributed by atoms with Crippen LogP contribution < -0.4 is 21.3 Å². The highest BCUT2D eigenvalue weighted by molar-refractivity contribution is 5.98. The molecule has 454 valence electrons. The summed E-state index contributed by atoms with van der Waals surface area (Å²) < 4.78 is 0. The van der Waals surface area contributed by atoms with E-state index in [2.05, 4.69) is 21.3 Å². The van der Waals surface area contributed by atoms with Crippen LogP contribution >= 0.6 is 0 Å². The molecule has 4 aromatic rings. The summed E-state index contributed by atoms with van der Waals surface area (Å²) in [7, 11) is 6.60. The van der Waals surface area contributed by atoms with Crippen molar-refractivity contribution in [2.45, 2.75) is 130 Å². The molecule has 2 fully saturated rings.